The first-order valence-electron chi connectivity index (χ1n) is 7.23. The summed E-state index contributed by atoms with van der Waals surface area (Å²) in [6, 6.07) is 8.54. The molecule has 7 heteroatoms. The molecule has 0 aliphatic carbocycles. The normalized spacial score (nSPS) is 20.9. The Balaban J connectivity index is 2.07. The fourth-order valence-corrected chi connectivity index (χ4v) is 4.64. The third-order valence-corrected chi connectivity index (χ3v) is 5.83. The van der Waals surface area contributed by atoms with E-state index in [9.17, 15) is 13.2 Å². The van der Waals surface area contributed by atoms with Gasteiger partial charge in [0, 0.05) is 13.7 Å². The van der Waals surface area contributed by atoms with Crippen molar-refractivity contribution in [3.05, 3.63) is 35.9 Å². The summed E-state index contributed by atoms with van der Waals surface area (Å²) in [6.07, 6.45) is 0.919. The van der Waals surface area contributed by atoms with E-state index in [1.165, 1.54) is 7.11 Å². The number of hydrogen-bond acceptors (Lipinski definition) is 4. The van der Waals surface area contributed by atoms with Crippen molar-refractivity contribution in [2.75, 3.05) is 19.4 Å². The van der Waals surface area contributed by atoms with Crippen LogP contribution in [0.5, 0.6) is 0 Å². The maximum Gasteiger partial charge on any atom is 0.322 e. The van der Waals surface area contributed by atoms with Gasteiger partial charge in [0.1, 0.15) is 6.04 Å². The van der Waals surface area contributed by atoms with Gasteiger partial charge in [-0.15, -0.1) is 0 Å². The maximum absolute atomic E-state index is 12.5. The first-order chi connectivity index (χ1) is 10.4. The number of benzene rings is 1. The van der Waals surface area contributed by atoms with Crippen LogP contribution in [-0.4, -0.2) is 55.4 Å². The Morgan fingerprint density at radius 1 is 1.41 bits per heavy atom. The Morgan fingerprint density at radius 2 is 2.09 bits per heavy atom. The second-order valence-corrected chi connectivity index (χ2v) is 7.40. The van der Waals surface area contributed by atoms with Crippen molar-refractivity contribution >= 4 is 16.0 Å². The fourth-order valence-electron chi connectivity index (χ4n) is 2.74. The topological polar surface area (TPSA) is 83.9 Å². The molecule has 0 bridgehead atoms. The first-order valence-corrected chi connectivity index (χ1v) is 8.84. The van der Waals surface area contributed by atoms with E-state index in [0.717, 1.165) is 9.87 Å². The molecule has 1 aliphatic rings. The predicted molar refractivity (Wildman–Crippen MR) is 82.1 cm³/mol. The van der Waals surface area contributed by atoms with Gasteiger partial charge in [-0.2, -0.15) is 4.31 Å². The van der Waals surface area contributed by atoms with Crippen molar-refractivity contribution < 1.29 is 23.1 Å². The van der Waals surface area contributed by atoms with Crippen molar-refractivity contribution in [1.29, 1.82) is 0 Å². The summed E-state index contributed by atoms with van der Waals surface area (Å²) in [5.74, 6) is -1.29. The molecule has 122 valence electrons. The second kappa shape index (κ2) is 7.21. The number of carbonyl (C=O) groups is 1. The van der Waals surface area contributed by atoms with Crippen LogP contribution in [-0.2, 0) is 26.0 Å². The average molecular weight is 327 g/mol. The molecule has 22 heavy (non-hydrogen) atoms. The van der Waals surface area contributed by atoms with Gasteiger partial charge >= 0.3 is 5.97 Å². The Hall–Kier alpha value is -1.44. The monoisotopic (exact) mass is 327 g/mol. The molecule has 0 amide bonds. The van der Waals surface area contributed by atoms with Crippen LogP contribution in [0.15, 0.2) is 30.3 Å². The molecular formula is C15H21NO5S. The summed E-state index contributed by atoms with van der Waals surface area (Å²) in [6.45, 7) is 0.265. The van der Waals surface area contributed by atoms with Crippen molar-refractivity contribution in [1.82, 2.24) is 4.31 Å². The lowest BCUT2D eigenvalue weighted by Gasteiger charge is -2.24. The lowest BCUT2D eigenvalue weighted by atomic mass is 10.1. The lowest BCUT2D eigenvalue weighted by molar-refractivity contribution is -0.140. The largest absolute Gasteiger partial charge is 0.480 e. The Morgan fingerprint density at radius 3 is 2.68 bits per heavy atom. The highest BCUT2D eigenvalue weighted by Gasteiger charge is 2.39. The first kappa shape index (κ1) is 16.9. The number of methoxy groups -OCH3 is 1. The van der Waals surface area contributed by atoms with E-state index in [1.54, 1.807) is 0 Å². The maximum atomic E-state index is 12.5. The number of rotatable bonds is 7. The van der Waals surface area contributed by atoms with E-state index in [4.69, 9.17) is 9.84 Å². The zero-order valence-corrected chi connectivity index (χ0v) is 13.3. The van der Waals surface area contributed by atoms with Crippen LogP contribution in [0, 0.1) is 0 Å². The highest BCUT2D eigenvalue weighted by atomic mass is 32.2. The number of sulfonamides is 1. The molecule has 2 atom stereocenters. The van der Waals surface area contributed by atoms with Crippen molar-refractivity contribution in [3.8, 4) is 0 Å². The van der Waals surface area contributed by atoms with Gasteiger partial charge in [0.25, 0.3) is 0 Å². The van der Waals surface area contributed by atoms with Gasteiger partial charge in [0.05, 0.1) is 11.9 Å². The minimum Gasteiger partial charge on any atom is -0.480 e. The van der Waals surface area contributed by atoms with Crippen LogP contribution in [0.2, 0.25) is 0 Å². The summed E-state index contributed by atoms with van der Waals surface area (Å²) in [4.78, 5) is 11.2. The molecule has 2 rings (SSSR count). The molecule has 1 fully saturated rings. The van der Waals surface area contributed by atoms with Gasteiger partial charge in [-0.05, 0) is 24.8 Å². The van der Waals surface area contributed by atoms with Gasteiger partial charge in [-0.3, -0.25) is 4.79 Å². The van der Waals surface area contributed by atoms with Crippen molar-refractivity contribution in [2.24, 2.45) is 0 Å². The number of carboxylic acid groups (broad SMARTS) is 1. The smallest absolute Gasteiger partial charge is 0.322 e. The number of carboxylic acids is 1. The van der Waals surface area contributed by atoms with Crippen LogP contribution in [0.25, 0.3) is 0 Å². The molecule has 1 saturated heterocycles. The third kappa shape index (κ3) is 4.06. The van der Waals surface area contributed by atoms with Gasteiger partial charge in [0.15, 0.2) is 0 Å². The Labute approximate surface area is 130 Å². The molecule has 0 radical (unpaired) electrons. The molecule has 0 spiro atoms. The van der Waals surface area contributed by atoms with E-state index in [-0.39, 0.29) is 12.3 Å². The quantitative estimate of drug-likeness (QED) is 0.811. The highest BCUT2D eigenvalue weighted by Crippen LogP contribution is 2.23. The van der Waals surface area contributed by atoms with Gasteiger partial charge < -0.3 is 9.84 Å². The molecule has 6 nitrogen and oxygen atoms in total. The zero-order chi connectivity index (χ0) is 16.2. The summed E-state index contributed by atoms with van der Waals surface area (Å²) >= 11 is 0. The lowest BCUT2D eigenvalue weighted by Crippen LogP contribution is -2.44. The van der Waals surface area contributed by atoms with Crippen molar-refractivity contribution in [3.63, 3.8) is 0 Å². The Kier molecular flexibility index (Phi) is 5.55. The molecule has 0 saturated carbocycles. The van der Waals surface area contributed by atoms with Gasteiger partial charge in [-0.25, -0.2) is 8.42 Å². The zero-order valence-electron chi connectivity index (χ0n) is 12.5. The summed E-state index contributed by atoms with van der Waals surface area (Å²) < 4.78 is 31.4. The van der Waals surface area contributed by atoms with Crippen LogP contribution >= 0.6 is 0 Å². The number of ether oxygens (including phenoxy) is 1. The van der Waals surface area contributed by atoms with Gasteiger partial charge in [0.2, 0.25) is 10.0 Å². The summed E-state index contributed by atoms with van der Waals surface area (Å²) in [5, 5.41) is 9.14. The van der Waals surface area contributed by atoms with Crippen LogP contribution in [0.1, 0.15) is 18.4 Å². The van der Waals surface area contributed by atoms with E-state index in [0.29, 0.717) is 19.3 Å². The number of aliphatic carboxylic acids is 1. The molecule has 1 unspecified atom stereocenters. The molecule has 0 aromatic heterocycles. The van der Waals surface area contributed by atoms with Crippen LogP contribution in [0.3, 0.4) is 0 Å². The fraction of sp³-hybridized carbons (Fsp3) is 0.533. The minimum atomic E-state index is -3.66. The Bertz CT molecular complexity index is 602. The predicted octanol–water partition coefficient (Wildman–Crippen LogP) is 1.12. The highest BCUT2D eigenvalue weighted by molar-refractivity contribution is 7.89. The van der Waals surface area contributed by atoms with Crippen LogP contribution in [0.4, 0.5) is 0 Å². The van der Waals surface area contributed by atoms with E-state index >= 15 is 0 Å². The molecule has 1 aromatic rings. The molecule has 1 aliphatic heterocycles. The molecule has 1 heterocycles. The van der Waals surface area contributed by atoms with E-state index < -0.39 is 28.1 Å². The third-order valence-electron chi connectivity index (χ3n) is 3.88. The summed E-state index contributed by atoms with van der Waals surface area (Å²) in [7, 11) is -2.18. The molecular weight excluding hydrogens is 306 g/mol. The molecule has 1 aromatic carbocycles. The van der Waals surface area contributed by atoms with E-state index in [1.807, 2.05) is 30.3 Å². The summed E-state index contributed by atoms with van der Waals surface area (Å²) in [5.41, 5.74) is 0.987. The SMILES string of the molecule is COC(Cc1ccccc1)CS(=O)(=O)N1CCC[C@@H]1C(=O)O. The van der Waals surface area contributed by atoms with Crippen molar-refractivity contribution in [2.45, 2.75) is 31.4 Å². The van der Waals surface area contributed by atoms with Crippen LogP contribution < -0.4 is 0 Å². The van der Waals surface area contributed by atoms with Gasteiger partial charge in [-0.1, -0.05) is 30.3 Å². The standard InChI is InChI=1S/C15H21NO5S/c1-21-13(10-12-6-3-2-4-7-12)11-22(19,20)16-9-5-8-14(16)15(17)18/h2-4,6-7,13-14H,5,8-11H2,1H3,(H,17,18)/t13?,14-/m1/s1. The molecule has 1 N–H and O–H groups in total. The number of nitrogens with zero attached hydrogens (tertiary/aromatic N) is 1. The second-order valence-electron chi connectivity index (χ2n) is 5.43. The minimum absolute atomic E-state index is 0.206. The number of hydrogen-bond donors (Lipinski definition) is 1. The average Bonchev–Trinajstić information content (AvgIpc) is 2.98. The van der Waals surface area contributed by atoms with E-state index in [2.05, 4.69) is 0 Å².